The van der Waals surface area contributed by atoms with E-state index in [1.54, 1.807) is 0 Å². The van der Waals surface area contributed by atoms with Crippen LogP contribution in [-0.4, -0.2) is 32.3 Å². The van der Waals surface area contributed by atoms with Crippen LogP contribution < -0.4 is 10.6 Å². The molecule has 3 heteroatoms. The number of hydrogen-bond acceptors (Lipinski definition) is 3. The summed E-state index contributed by atoms with van der Waals surface area (Å²) in [5.74, 6) is 0.787. The molecule has 0 aromatic heterocycles. The lowest BCUT2D eigenvalue weighted by molar-refractivity contribution is 0.0678. The molecule has 1 fully saturated rings. The molecule has 1 aromatic carbocycles. The number of anilines is 1. The Morgan fingerprint density at radius 3 is 2.80 bits per heavy atom. The SMILES string of the molecule is NCCCC1Cc2ccccc2N1CC1CCOCC1. The highest BCUT2D eigenvalue weighted by molar-refractivity contribution is 5.59. The summed E-state index contributed by atoms with van der Waals surface area (Å²) in [5, 5.41) is 0. The van der Waals surface area contributed by atoms with E-state index in [0.717, 1.165) is 32.1 Å². The van der Waals surface area contributed by atoms with Gasteiger partial charge in [-0.2, -0.15) is 0 Å². The van der Waals surface area contributed by atoms with E-state index in [9.17, 15) is 0 Å². The van der Waals surface area contributed by atoms with Crippen molar-refractivity contribution in [3.8, 4) is 0 Å². The molecule has 2 N–H and O–H groups in total. The number of nitrogens with zero attached hydrogens (tertiary/aromatic N) is 1. The molecule has 2 aliphatic heterocycles. The Balaban J connectivity index is 1.72. The predicted molar refractivity (Wildman–Crippen MR) is 83.1 cm³/mol. The van der Waals surface area contributed by atoms with Crippen LogP contribution in [-0.2, 0) is 11.2 Å². The van der Waals surface area contributed by atoms with Crippen LogP contribution in [0.3, 0.4) is 0 Å². The minimum atomic E-state index is 0.652. The first-order chi connectivity index (χ1) is 9.88. The third-order valence-electron chi connectivity index (χ3n) is 4.73. The third kappa shape index (κ3) is 2.99. The van der Waals surface area contributed by atoms with E-state index in [1.165, 1.54) is 43.5 Å². The van der Waals surface area contributed by atoms with Crippen molar-refractivity contribution >= 4 is 5.69 Å². The molecule has 0 aliphatic carbocycles. The van der Waals surface area contributed by atoms with Crippen molar-refractivity contribution in [2.45, 2.75) is 38.1 Å². The van der Waals surface area contributed by atoms with Crippen LogP contribution in [0.1, 0.15) is 31.2 Å². The smallest absolute Gasteiger partial charge is 0.0469 e. The summed E-state index contributed by atoms with van der Waals surface area (Å²) in [4.78, 5) is 2.65. The van der Waals surface area contributed by atoms with Crippen LogP contribution >= 0.6 is 0 Å². The van der Waals surface area contributed by atoms with Crippen molar-refractivity contribution in [2.75, 3.05) is 31.2 Å². The first kappa shape index (κ1) is 13.9. The number of rotatable bonds is 5. The van der Waals surface area contributed by atoms with Gasteiger partial charge in [-0.15, -0.1) is 0 Å². The quantitative estimate of drug-likeness (QED) is 0.897. The van der Waals surface area contributed by atoms with Gasteiger partial charge in [0, 0.05) is 31.5 Å². The summed E-state index contributed by atoms with van der Waals surface area (Å²) in [6, 6.07) is 9.56. The maximum absolute atomic E-state index is 5.71. The van der Waals surface area contributed by atoms with Gasteiger partial charge in [0.25, 0.3) is 0 Å². The first-order valence-corrected chi connectivity index (χ1v) is 8.01. The normalized spacial score (nSPS) is 23.1. The molecule has 20 heavy (non-hydrogen) atoms. The van der Waals surface area contributed by atoms with Gasteiger partial charge in [-0.25, -0.2) is 0 Å². The maximum atomic E-state index is 5.71. The van der Waals surface area contributed by atoms with Gasteiger partial charge in [0.2, 0.25) is 0 Å². The number of benzene rings is 1. The Labute approximate surface area is 122 Å². The molecule has 3 nitrogen and oxygen atoms in total. The van der Waals surface area contributed by atoms with Gasteiger partial charge in [-0.05, 0) is 56.2 Å². The molecular weight excluding hydrogens is 248 g/mol. The molecule has 1 saturated heterocycles. The summed E-state index contributed by atoms with van der Waals surface area (Å²) in [7, 11) is 0. The zero-order valence-electron chi connectivity index (χ0n) is 12.3. The van der Waals surface area contributed by atoms with Crippen molar-refractivity contribution in [1.29, 1.82) is 0 Å². The molecule has 110 valence electrons. The monoisotopic (exact) mass is 274 g/mol. The van der Waals surface area contributed by atoms with E-state index in [0.29, 0.717) is 6.04 Å². The van der Waals surface area contributed by atoms with Crippen molar-refractivity contribution in [2.24, 2.45) is 11.7 Å². The predicted octanol–water partition coefficient (Wildman–Crippen LogP) is 2.58. The maximum Gasteiger partial charge on any atom is 0.0469 e. The summed E-state index contributed by atoms with van der Waals surface area (Å²) in [6.45, 7) is 3.87. The van der Waals surface area contributed by atoms with Crippen LogP contribution in [0.4, 0.5) is 5.69 Å². The molecule has 1 atom stereocenters. The molecule has 2 heterocycles. The molecule has 1 aromatic rings. The second-order valence-electron chi connectivity index (χ2n) is 6.13. The highest BCUT2D eigenvalue weighted by atomic mass is 16.5. The summed E-state index contributed by atoms with van der Waals surface area (Å²) in [5.41, 5.74) is 8.68. The standard InChI is InChI=1S/C17H26N2O/c18-9-3-5-16-12-15-4-1-2-6-17(15)19(16)13-14-7-10-20-11-8-14/h1-2,4,6,14,16H,3,5,7-13,18H2. The minimum absolute atomic E-state index is 0.652. The molecule has 0 radical (unpaired) electrons. The van der Waals surface area contributed by atoms with Gasteiger partial charge in [-0.3, -0.25) is 0 Å². The Hall–Kier alpha value is -1.06. The lowest BCUT2D eigenvalue weighted by Gasteiger charge is -2.33. The van der Waals surface area contributed by atoms with Crippen LogP contribution in [0, 0.1) is 5.92 Å². The van der Waals surface area contributed by atoms with Crippen LogP contribution in [0.5, 0.6) is 0 Å². The van der Waals surface area contributed by atoms with E-state index in [2.05, 4.69) is 29.2 Å². The Morgan fingerprint density at radius 1 is 1.20 bits per heavy atom. The number of hydrogen-bond donors (Lipinski definition) is 1. The lowest BCUT2D eigenvalue weighted by atomic mass is 9.98. The highest BCUT2D eigenvalue weighted by Crippen LogP contribution is 2.35. The fourth-order valence-electron chi connectivity index (χ4n) is 3.59. The average Bonchev–Trinajstić information content (AvgIpc) is 2.84. The van der Waals surface area contributed by atoms with Gasteiger partial charge in [-0.1, -0.05) is 18.2 Å². The van der Waals surface area contributed by atoms with E-state index in [4.69, 9.17) is 10.5 Å². The summed E-state index contributed by atoms with van der Waals surface area (Å²) < 4.78 is 5.49. The van der Waals surface area contributed by atoms with Gasteiger partial charge in [0.1, 0.15) is 0 Å². The third-order valence-corrected chi connectivity index (χ3v) is 4.73. The minimum Gasteiger partial charge on any atom is -0.381 e. The van der Waals surface area contributed by atoms with E-state index < -0.39 is 0 Å². The number of para-hydroxylation sites is 1. The largest absolute Gasteiger partial charge is 0.381 e. The van der Waals surface area contributed by atoms with Crippen molar-refractivity contribution in [3.05, 3.63) is 29.8 Å². The lowest BCUT2D eigenvalue weighted by Crippen LogP contribution is -2.38. The highest BCUT2D eigenvalue weighted by Gasteiger charge is 2.30. The Kier molecular flexibility index (Phi) is 4.58. The molecule has 0 amide bonds. The van der Waals surface area contributed by atoms with Gasteiger partial charge < -0.3 is 15.4 Å². The van der Waals surface area contributed by atoms with E-state index in [-0.39, 0.29) is 0 Å². The van der Waals surface area contributed by atoms with Crippen LogP contribution in [0.25, 0.3) is 0 Å². The number of fused-ring (bicyclic) bond motifs is 1. The topological polar surface area (TPSA) is 38.5 Å². The molecular formula is C17H26N2O. The Bertz CT molecular complexity index is 429. The first-order valence-electron chi connectivity index (χ1n) is 8.01. The van der Waals surface area contributed by atoms with Crippen molar-refractivity contribution < 1.29 is 4.74 Å². The summed E-state index contributed by atoms with van der Waals surface area (Å²) >= 11 is 0. The van der Waals surface area contributed by atoms with Crippen LogP contribution in [0.2, 0.25) is 0 Å². The van der Waals surface area contributed by atoms with Crippen molar-refractivity contribution in [3.63, 3.8) is 0 Å². The van der Waals surface area contributed by atoms with E-state index in [1.807, 2.05) is 0 Å². The van der Waals surface area contributed by atoms with Crippen LogP contribution in [0.15, 0.2) is 24.3 Å². The van der Waals surface area contributed by atoms with Gasteiger partial charge >= 0.3 is 0 Å². The molecule has 0 saturated carbocycles. The second-order valence-corrected chi connectivity index (χ2v) is 6.13. The molecule has 2 aliphatic rings. The zero-order chi connectivity index (χ0) is 13.8. The van der Waals surface area contributed by atoms with Gasteiger partial charge in [0.05, 0.1) is 0 Å². The zero-order valence-corrected chi connectivity index (χ0v) is 12.3. The van der Waals surface area contributed by atoms with Gasteiger partial charge in [0.15, 0.2) is 0 Å². The fourth-order valence-corrected chi connectivity index (χ4v) is 3.59. The van der Waals surface area contributed by atoms with E-state index >= 15 is 0 Å². The number of nitrogens with two attached hydrogens (primary N) is 1. The molecule has 0 spiro atoms. The fraction of sp³-hybridized carbons (Fsp3) is 0.647. The average molecular weight is 274 g/mol. The Morgan fingerprint density at radius 2 is 2.00 bits per heavy atom. The summed E-state index contributed by atoms with van der Waals surface area (Å²) in [6.07, 6.45) is 5.96. The number of ether oxygens (including phenoxy) is 1. The molecule has 0 bridgehead atoms. The van der Waals surface area contributed by atoms with Crippen molar-refractivity contribution in [1.82, 2.24) is 0 Å². The second kappa shape index (κ2) is 6.59. The molecule has 1 unspecified atom stereocenters. The molecule has 3 rings (SSSR count).